The number of amides is 1. The summed E-state index contributed by atoms with van der Waals surface area (Å²) < 4.78 is 12.5. The van der Waals surface area contributed by atoms with E-state index in [0.717, 1.165) is 5.75 Å². The molecule has 0 aliphatic rings. The van der Waals surface area contributed by atoms with Crippen LogP contribution in [0.5, 0.6) is 5.75 Å². The number of hydrogen-bond acceptors (Lipinski definition) is 5. The molecule has 0 radical (unpaired) electrons. The summed E-state index contributed by atoms with van der Waals surface area (Å²) in [5.41, 5.74) is 1.69. The van der Waals surface area contributed by atoms with Crippen molar-refractivity contribution < 1.29 is 14.3 Å². The number of rotatable bonds is 11. The number of carbonyl (C=O) groups excluding carboxylic acids is 1. The molecule has 0 saturated heterocycles. The normalized spacial score (nSPS) is 11.9. The molecule has 1 atom stereocenters. The van der Waals surface area contributed by atoms with Crippen LogP contribution in [0.25, 0.3) is 16.6 Å². The van der Waals surface area contributed by atoms with E-state index in [1.54, 1.807) is 17.7 Å². The van der Waals surface area contributed by atoms with Crippen molar-refractivity contribution in [3.8, 4) is 11.4 Å². The fourth-order valence-electron chi connectivity index (χ4n) is 4.55. The van der Waals surface area contributed by atoms with Crippen LogP contribution in [0.1, 0.15) is 48.9 Å². The summed E-state index contributed by atoms with van der Waals surface area (Å²) in [7, 11) is 1.65. The van der Waals surface area contributed by atoms with Gasteiger partial charge in [0, 0.05) is 25.8 Å². The maximum atomic E-state index is 13.9. The number of carbonyl (C=O) groups is 1. The monoisotopic (exact) mass is 499 g/mol. The van der Waals surface area contributed by atoms with Crippen LogP contribution >= 0.6 is 0 Å². The molecule has 3 aromatic carbocycles. The zero-order valence-corrected chi connectivity index (χ0v) is 21.6. The van der Waals surface area contributed by atoms with E-state index in [1.807, 2.05) is 91.5 Å². The van der Waals surface area contributed by atoms with Gasteiger partial charge in [-0.2, -0.15) is 0 Å². The summed E-state index contributed by atoms with van der Waals surface area (Å²) in [6, 6.07) is 23.5. The number of methoxy groups -OCH3 is 1. The van der Waals surface area contributed by atoms with Crippen LogP contribution in [-0.2, 0) is 4.74 Å². The number of benzene rings is 3. The van der Waals surface area contributed by atoms with Crippen molar-refractivity contribution in [1.82, 2.24) is 14.5 Å². The Morgan fingerprint density at radius 1 is 0.973 bits per heavy atom. The van der Waals surface area contributed by atoms with Gasteiger partial charge in [-0.1, -0.05) is 37.3 Å². The first kappa shape index (κ1) is 26.1. The van der Waals surface area contributed by atoms with Crippen LogP contribution in [0.4, 0.5) is 0 Å². The maximum Gasteiger partial charge on any atom is 0.266 e. The van der Waals surface area contributed by atoms with Crippen molar-refractivity contribution >= 4 is 16.8 Å². The van der Waals surface area contributed by atoms with Gasteiger partial charge in [-0.15, -0.1) is 0 Å². The van der Waals surface area contributed by atoms with E-state index in [1.165, 1.54) is 0 Å². The third-order valence-corrected chi connectivity index (χ3v) is 6.30. The lowest BCUT2D eigenvalue weighted by Crippen LogP contribution is -2.39. The molecule has 7 heteroatoms. The van der Waals surface area contributed by atoms with Crippen molar-refractivity contribution in [3.63, 3.8) is 0 Å². The Bertz CT molecular complexity index is 1380. The van der Waals surface area contributed by atoms with Crippen molar-refractivity contribution in [3.05, 3.63) is 101 Å². The molecule has 0 aliphatic carbocycles. The lowest BCUT2D eigenvalue weighted by atomic mass is 10.1. The number of fused-ring (bicyclic) bond motifs is 1. The standard InChI is InChI=1S/C30H33N3O4/c1-4-27(32(20-11-21-36-3)29(34)22-12-7-6-8-13-22)28-31-26-15-10-9-14-25(26)30(35)33(28)23-16-18-24(19-17-23)37-5-2/h6-10,12-19,27H,4-5,11,20-21H2,1-3H3. The first-order valence-corrected chi connectivity index (χ1v) is 12.7. The lowest BCUT2D eigenvalue weighted by molar-refractivity contribution is 0.0634. The molecule has 0 N–H and O–H groups in total. The number of ether oxygens (including phenoxy) is 2. The minimum Gasteiger partial charge on any atom is -0.494 e. The maximum absolute atomic E-state index is 13.9. The highest BCUT2D eigenvalue weighted by Gasteiger charge is 2.29. The Hall–Kier alpha value is -3.97. The average molecular weight is 500 g/mol. The zero-order chi connectivity index (χ0) is 26.2. The van der Waals surface area contributed by atoms with E-state index in [2.05, 4.69) is 0 Å². The molecule has 0 aliphatic heterocycles. The summed E-state index contributed by atoms with van der Waals surface area (Å²) in [6.45, 7) is 5.48. The SMILES string of the molecule is CCOc1ccc(-n2c(C(CC)N(CCCOC)C(=O)c3ccccc3)nc3ccccc3c2=O)cc1. The fourth-order valence-corrected chi connectivity index (χ4v) is 4.55. The van der Waals surface area contributed by atoms with Gasteiger partial charge in [0.1, 0.15) is 11.6 Å². The molecule has 1 aromatic heterocycles. The van der Waals surface area contributed by atoms with Crippen molar-refractivity contribution in [2.45, 2.75) is 32.7 Å². The van der Waals surface area contributed by atoms with Crippen LogP contribution in [0.3, 0.4) is 0 Å². The Balaban J connectivity index is 1.89. The van der Waals surface area contributed by atoms with Crippen molar-refractivity contribution in [2.24, 2.45) is 0 Å². The van der Waals surface area contributed by atoms with Gasteiger partial charge in [-0.05, 0) is 68.3 Å². The number of aromatic nitrogens is 2. The van der Waals surface area contributed by atoms with Crippen molar-refractivity contribution in [2.75, 3.05) is 26.9 Å². The predicted octanol–water partition coefficient (Wildman–Crippen LogP) is 5.41. The molecular weight excluding hydrogens is 466 g/mol. The molecular formula is C30H33N3O4. The second kappa shape index (κ2) is 12.3. The number of nitrogens with zero attached hydrogens (tertiary/aromatic N) is 3. The van der Waals surface area contributed by atoms with Gasteiger partial charge >= 0.3 is 0 Å². The Labute approximate surface area is 217 Å². The van der Waals surface area contributed by atoms with Gasteiger partial charge in [0.2, 0.25) is 0 Å². The summed E-state index contributed by atoms with van der Waals surface area (Å²) in [4.78, 5) is 34.4. The summed E-state index contributed by atoms with van der Waals surface area (Å²) in [5.74, 6) is 1.14. The molecule has 7 nitrogen and oxygen atoms in total. The van der Waals surface area contributed by atoms with E-state index in [4.69, 9.17) is 14.5 Å². The third-order valence-electron chi connectivity index (χ3n) is 6.30. The molecule has 0 spiro atoms. The van der Waals surface area contributed by atoms with Gasteiger partial charge in [-0.25, -0.2) is 4.98 Å². The Morgan fingerprint density at radius 2 is 1.68 bits per heavy atom. The highest BCUT2D eigenvalue weighted by molar-refractivity contribution is 5.94. The van der Waals surface area contributed by atoms with Crippen LogP contribution in [0.15, 0.2) is 83.7 Å². The molecule has 1 amide bonds. The Kier molecular flexibility index (Phi) is 8.69. The third kappa shape index (κ3) is 5.73. The molecule has 4 aromatic rings. The molecule has 0 bridgehead atoms. The molecule has 0 saturated carbocycles. The minimum absolute atomic E-state index is 0.107. The highest BCUT2D eigenvalue weighted by atomic mass is 16.5. The number of para-hydroxylation sites is 1. The van der Waals surface area contributed by atoms with Crippen molar-refractivity contribution in [1.29, 1.82) is 0 Å². The van der Waals surface area contributed by atoms with Gasteiger partial charge < -0.3 is 14.4 Å². The molecule has 1 unspecified atom stereocenters. The van der Waals surface area contributed by atoms with E-state index in [-0.39, 0.29) is 11.5 Å². The number of hydrogen-bond donors (Lipinski definition) is 0. The largest absolute Gasteiger partial charge is 0.494 e. The van der Waals surface area contributed by atoms with Crippen LogP contribution in [-0.4, -0.2) is 47.2 Å². The quantitative estimate of drug-likeness (QED) is 0.258. The smallest absolute Gasteiger partial charge is 0.266 e. The molecule has 192 valence electrons. The molecule has 0 fully saturated rings. The van der Waals surface area contributed by atoms with Crippen LogP contribution < -0.4 is 10.3 Å². The fraction of sp³-hybridized carbons (Fsp3) is 0.300. The van der Waals surface area contributed by atoms with Crippen LogP contribution in [0.2, 0.25) is 0 Å². The molecule has 4 rings (SSSR count). The summed E-state index contributed by atoms with van der Waals surface area (Å²) in [5, 5.41) is 0.523. The van der Waals surface area contributed by atoms with E-state index < -0.39 is 6.04 Å². The average Bonchev–Trinajstić information content (AvgIpc) is 2.94. The predicted molar refractivity (Wildman–Crippen MR) is 146 cm³/mol. The van der Waals surface area contributed by atoms with Gasteiger partial charge in [0.05, 0.1) is 29.2 Å². The first-order valence-electron chi connectivity index (χ1n) is 12.7. The summed E-state index contributed by atoms with van der Waals surface area (Å²) >= 11 is 0. The zero-order valence-electron chi connectivity index (χ0n) is 21.6. The summed E-state index contributed by atoms with van der Waals surface area (Å²) in [6.07, 6.45) is 1.24. The minimum atomic E-state index is -0.437. The van der Waals surface area contributed by atoms with E-state index in [0.29, 0.717) is 60.6 Å². The Morgan fingerprint density at radius 3 is 2.35 bits per heavy atom. The highest BCUT2D eigenvalue weighted by Crippen LogP contribution is 2.28. The first-order chi connectivity index (χ1) is 18.1. The van der Waals surface area contributed by atoms with Gasteiger partial charge in [0.15, 0.2) is 0 Å². The van der Waals surface area contributed by atoms with E-state index >= 15 is 0 Å². The van der Waals surface area contributed by atoms with Crippen LogP contribution in [0, 0.1) is 0 Å². The second-order valence-corrected chi connectivity index (χ2v) is 8.69. The van der Waals surface area contributed by atoms with E-state index in [9.17, 15) is 9.59 Å². The van der Waals surface area contributed by atoms with Gasteiger partial charge in [-0.3, -0.25) is 14.2 Å². The topological polar surface area (TPSA) is 73.7 Å². The second-order valence-electron chi connectivity index (χ2n) is 8.69. The molecule has 37 heavy (non-hydrogen) atoms. The van der Waals surface area contributed by atoms with Gasteiger partial charge in [0.25, 0.3) is 11.5 Å². The molecule has 1 heterocycles. The lowest BCUT2D eigenvalue weighted by Gasteiger charge is -2.32.